The predicted octanol–water partition coefficient (Wildman–Crippen LogP) is 4.54. The van der Waals surface area contributed by atoms with E-state index < -0.39 is 11.6 Å². The van der Waals surface area contributed by atoms with Crippen LogP contribution in [0.4, 0.5) is 8.78 Å². The number of hydrogen-bond acceptors (Lipinski definition) is 3. The number of halogens is 3. The van der Waals surface area contributed by atoms with Crippen molar-refractivity contribution in [3.8, 4) is 22.6 Å². The topological polar surface area (TPSA) is 46.3 Å². The Morgan fingerprint density at radius 1 is 1.09 bits per heavy atom. The van der Waals surface area contributed by atoms with Crippen LogP contribution in [0.1, 0.15) is 5.56 Å². The number of aromatic nitrogens is 1. The molecule has 1 heterocycles. The molecule has 0 saturated carbocycles. The van der Waals surface area contributed by atoms with Gasteiger partial charge in [-0.2, -0.15) is 0 Å². The minimum absolute atomic E-state index is 0.0811. The summed E-state index contributed by atoms with van der Waals surface area (Å²) in [4.78, 5) is 0. The molecule has 0 aliphatic rings. The average Bonchev–Trinajstić information content (AvgIpc) is 2.91. The molecule has 3 nitrogen and oxygen atoms in total. The Balaban J connectivity index is 2.13. The number of aliphatic hydroxyl groups excluding tert-OH is 1. The molecule has 0 atom stereocenters. The summed E-state index contributed by atoms with van der Waals surface area (Å²) in [5, 5.41) is 13.4. The highest BCUT2D eigenvalue weighted by Gasteiger charge is 2.20. The second kappa shape index (κ2) is 5.98. The van der Waals surface area contributed by atoms with Gasteiger partial charge in [0, 0.05) is 21.7 Å². The minimum Gasteiger partial charge on any atom is -0.391 e. The molecule has 0 fully saturated rings. The molecule has 6 heteroatoms. The molecule has 0 aliphatic carbocycles. The van der Waals surface area contributed by atoms with Crippen LogP contribution in [-0.2, 0) is 6.61 Å². The van der Waals surface area contributed by atoms with Crippen molar-refractivity contribution >= 4 is 15.9 Å². The number of hydrogen-bond donors (Lipinski definition) is 1. The summed E-state index contributed by atoms with van der Waals surface area (Å²) in [7, 11) is 0. The molecule has 1 aromatic heterocycles. The molecule has 0 saturated heterocycles. The molecule has 0 amide bonds. The van der Waals surface area contributed by atoms with Crippen LogP contribution in [0.25, 0.3) is 22.6 Å². The van der Waals surface area contributed by atoms with Crippen LogP contribution >= 0.6 is 15.9 Å². The number of rotatable bonds is 3. The third-order valence-corrected chi connectivity index (χ3v) is 3.77. The molecule has 1 N–H and O–H groups in total. The van der Waals surface area contributed by atoms with E-state index in [1.165, 1.54) is 6.07 Å². The Morgan fingerprint density at radius 2 is 1.82 bits per heavy atom. The Kier molecular flexibility index (Phi) is 4.04. The van der Waals surface area contributed by atoms with Crippen molar-refractivity contribution in [2.45, 2.75) is 6.61 Å². The molecule has 0 radical (unpaired) electrons. The van der Waals surface area contributed by atoms with Gasteiger partial charge in [0.25, 0.3) is 0 Å². The summed E-state index contributed by atoms with van der Waals surface area (Å²) in [5.41, 5.74) is 1.30. The largest absolute Gasteiger partial charge is 0.391 e. The average molecular weight is 366 g/mol. The van der Waals surface area contributed by atoms with Crippen molar-refractivity contribution in [3.05, 3.63) is 64.1 Å². The van der Waals surface area contributed by atoms with E-state index in [1.807, 2.05) is 12.1 Å². The first-order valence-corrected chi connectivity index (χ1v) is 7.20. The first-order valence-electron chi connectivity index (χ1n) is 6.41. The minimum atomic E-state index is -0.759. The van der Waals surface area contributed by atoms with Crippen molar-refractivity contribution in [3.63, 3.8) is 0 Å². The molecule has 3 aromatic rings. The van der Waals surface area contributed by atoms with Gasteiger partial charge in [0.1, 0.15) is 17.3 Å². The normalized spacial score (nSPS) is 10.9. The fourth-order valence-electron chi connectivity index (χ4n) is 2.18. The molecule has 2 aromatic carbocycles. The molecular weight excluding hydrogens is 356 g/mol. The Morgan fingerprint density at radius 3 is 2.45 bits per heavy atom. The zero-order valence-electron chi connectivity index (χ0n) is 11.2. The fraction of sp³-hybridized carbons (Fsp3) is 0.0625. The second-order valence-corrected chi connectivity index (χ2v) is 5.54. The van der Waals surface area contributed by atoms with Gasteiger partial charge < -0.3 is 9.63 Å². The maximum absolute atomic E-state index is 13.9. The lowest BCUT2D eigenvalue weighted by Crippen LogP contribution is -1.92. The van der Waals surface area contributed by atoms with Crippen molar-refractivity contribution in [2.24, 2.45) is 0 Å². The quantitative estimate of drug-likeness (QED) is 0.740. The van der Waals surface area contributed by atoms with Crippen LogP contribution in [-0.4, -0.2) is 10.3 Å². The second-order valence-electron chi connectivity index (χ2n) is 4.63. The zero-order valence-corrected chi connectivity index (χ0v) is 12.8. The van der Waals surface area contributed by atoms with E-state index in [1.54, 1.807) is 12.1 Å². The Labute approximate surface area is 133 Å². The SMILES string of the molecule is OCc1c(-c2ccc(F)cc2F)noc1-c1ccc(Br)cc1. The molecular formula is C16H10BrF2NO2. The van der Waals surface area contributed by atoms with Crippen LogP contribution in [0.2, 0.25) is 0 Å². The van der Waals surface area contributed by atoms with Gasteiger partial charge >= 0.3 is 0 Å². The monoisotopic (exact) mass is 365 g/mol. The Bertz CT molecular complexity index is 816. The third kappa shape index (κ3) is 2.67. The van der Waals surface area contributed by atoms with E-state index in [4.69, 9.17) is 4.52 Å². The number of nitrogens with zero attached hydrogens (tertiary/aromatic N) is 1. The summed E-state index contributed by atoms with van der Waals surface area (Å²) in [6.45, 7) is -0.374. The van der Waals surface area contributed by atoms with E-state index in [9.17, 15) is 13.9 Å². The lowest BCUT2D eigenvalue weighted by atomic mass is 10.0. The molecule has 0 spiro atoms. The third-order valence-electron chi connectivity index (χ3n) is 3.24. The van der Waals surface area contributed by atoms with Gasteiger partial charge in [-0.1, -0.05) is 33.2 Å². The highest BCUT2D eigenvalue weighted by Crippen LogP contribution is 2.34. The summed E-state index contributed by atoms with van der Waals surface area (Å²) in [5.74, 6) is -1.08. The van der Waals surface area contributed by atoms with Crippen molar-refractivity contribution in [1.29, 1.82) is 0 Å². The molecule has 112 valence electrons. The highest BCUT2D eigenvalue weighted by atomic mass is 79.9. The molecule has 0 bridgehead atoms. The summed E-state index contributed by atoms with van der Waals surface area (Å²) in [6, 6.07) is 10.4. The smallest absolute Gasteiger partial charge is 0.173 e. The molecule has 0 aliphatic heterocycles. The van der Waals surface area contributed by atoms with Gasteiger partial charge in [-0.05, 0) is 24.3 Å². The van der Waals surface area contributed by atoms with Crippen LogP contribution in [0.3, 0.4) is 0 Å². The maximum Gasteiger partial charge on any atom is 0.173 e. The van der Waals surface area contributed by atoms with Crippen LogP contribution < -0.4 is 0 Å². The maximum atomic E-state index is 13.9. The van der Waals surface area contributed by atoms with E-state index in [-0.39, 0.29) is 17.9 Å². The molecule has 22 heavy (non-hydrogen) atoms. The lowest BCUT2D eigenvalue weighted by molar-refractivity contribution is 0.281. The van der Waals surface area contributed by atoms with Gasteiger partial charge in [0.15, 0.2) is 5.76 Å². The molecule has 3 rings (SSSR count). The van der Waals surface area contributed by atoms with Gasteiger partial charge in [0.05, 0.1) is 12.2 Å². The van der Waals surface area contributed by atoms with Crippen LogP contribution in [0.15, 0.2) is 51.5 Å². The van der Waals surface area contributed by atoms with Gasteiger partial charge in [-0.25, -0.2) is 8.78 Å². The zero-order chi connectivity index (χ0) is 15.7. The van der Waals surface area contributed by atoms with Crippen molar-refractivity contribution in [2.75, 3.05) is 0 Å². The highest BCUT2D eigenvalue weighted by molar-refractivity contribution is 9.10. The summed E-state index contributed by atoms with van der Waals surface area (Å²) < 4.78 is 33.1. The fourth-order valence-corrected chi connectivity index (χ4v) is 2.44. The van der Waals surface area contributed by atoms with E-state index >= 15 is 0 Å². The lowest BCUT2D eigenvalue weighted by Gasteiger charge is -2.03. The van der Waals surface area contributed by atoms with Gasteiger partial charge in [-0.3, -0.25) is 0 Å². The summed E-state index contributed by atoms with van der Waals surface area (Å²) >= 11 is 3.33. The Hall–Kier alpha value is -2.05. The van der Waals surface area contributed by atoms with Crippen LogP contribution in [0, 0.1) is 11.6 Å². The van der Waals surface area contributed by atoms with E-state index in [0.717, 1.165) is 16.6 Å². The summed E-state index contributed by atoms with van der Waals surface area (Å²) in [6.07, 6.45) is 0. The first-order chi connectivity index (χ1) is 10.6. The van der Waals surface area contributed by atoms with Gasteiger partial charge in [0.2, 0.25) is 0 Å². The van der Waals surface area contributed by atoms with Crippen molar-refractivity contribution in [1.82, 2.24) is 5.16 Å². The molecule has 0 unspecified atom stereocenters. The predicted molar refractivity (Wildman–Crippen MR) is 80.9 cm³/mol. The standard InChI is InChI=1S/C16H10BrF2NO2/c17-10-3-1-9(2-4-10)16-13(8-21)15(20-22-16)12-6-5-11(18)7-14(12)19/h1-7,21H,8H2. The van der Waals surface area contributed by atoms with Crippen LogP contribution in [0.5, 0.6) is 0 Å². The van der Waals surface area contributed by atoms with Gasteiger partial charge in [-0.15, -0.1) is 0 Å². The first kappa shape index (κ1) is 14.9. The van der Waals surface area contributed by atoms with Crippen molar-refractivity contribution < 1.29 is 18.4 Å². The number of benzene rings is 2. The van der Waals surface area contributed by atoms with E-state index in [0.29, 0.717) is 16.9 Å². The van der Waals surface area contributed by atoms with E-state index in [2.05, 4.69) is 21.1 Å². The number of aliphatic hydroxyl groups is 1.